The number of ether oxygens (including phenoxy) is 4. The molecule has 2 heterocycles. The number of amides is 1. The predicted molar refractivity (Wildman–Crippen MR) is 162 cm³/mol. The Kier molecular flexibility index (Phi) is 10.3. The van der Waals surface area contributed by atoms with Crippen molar-refractivity contribution in [1.82, 2.24) is 5.32 Å². The number of rotatable bonds is 15. The van der Waals surface area contributed by atoms with E-state index in [1.54, 1.807) is 6.07 Å². The minimum atomic E-state index is -0.512. The molecule has 4 atom stereocenters. The standard InChI is InChI=1S/C34H46N2O7/c1-21-15-22(16-28(40-2)33(21)38)30-23-17-26-27(43-20-42-26)18-24(23)32(25-19-41-34(39)31(25)30)36-29(37)13-11-9-7-5-3-4-6-8-10-12-14-35/h15-18,25,30-32,38H,3-14,19-20,35H2,1-2H3,(H,36,37)/t25-,30?,31-,32+/m0/s1. The summed E-state index contributed by atoms with van der Waals surface area (Å²) in [5.74, 6) is 0.206. The molecule has 4 N–H and O–H groups in total. The highest BCUT2D eigenvalue weighted by molar-refractivity contribution is 5.81. The SMILES string of the molecule is COc1cc(C2c3cc4c(cc3[C@@H](NC(=O)CCCCCCCCCCCCN)[C@H]3COC(=O)[C@H]23)OCO4)cc(C)c1O. The number of phenols is 1. The van der Waals surface area contributed by atoms with Gasteiger partial charge in [0.25, 0.3) is 0 Å². The molecule has 0 aromatic heterocycles. The zero-order valence-electron chi connectivity index (χ0n) is 25.5. The quantitative estimate of drug-likeness (QED) is 0.175. The third-order valence-electron chi connectivity index (χ3n) is 9.23. The van der Waals surface area contributed by atoms with Gasteiger partial charge in [0.1, 0.15) is 0 Å². The zero-order chi connectivity index (χ0) is 30.3. The van der Waals surface area contributed by atoms with Crippen LogP contribution in [0.15, 0.2) is 24.3 Å². The van der Waals surface area contributed by atoms with Gasteiger partial charge in [0.05, 0.1) is 25.7 Å². The lowest BCUT2D eigenvalue weighted by Crippen LogP contribution is -2.42. The van der Waals surface area contributed by atoms with Gasteiger partial charge in [0.15, 0.2) is 23.0 Å². The molecule has 3 aliphatic rings. The average Bonchev–Trinajstić information content (AvgIpc) is 3.62. The van der Waals surface area contributed by atoms with Crippen molar-refractivity contribution in [1.29, 1.82) is 0 Å². The first kappa shape index (κ1) is 31.0. The maximum Gasteiger partial charge on any atom is 0.310 e. The van der Waals surface area contributed by atoms with Crippen molar-refractivity contribution in [3.63, 3.8) is 0 Å². The van der Waals surface area contributed by atoms with E-state index in [0.717, 1.165) is 48.9 Å². The number of nitrogens with two attached hydrogens (primary N) is 1. The summed E-state index contributed by atoms with van der Waals surface area (Å²) in [6, 6.07) is 7.14. The zero-order valence-corrected chi connectivity index (χ0v) is 25.5. The van der Waals surface area contributed by atoms with E-state index in [4.69, 9.17) is 24.7 Å². The van der Waals surface area contributed by atoms with E-state index in [1.807, 2.05) is 25.1 Å². The predicted octanol–water partition coefficient (Wildman–Crippen LogP) is 5.78. The second-order valence-corrected chi connectivity index (χ2v) is 12.1. The van der Waals surface area contributed by atoms with Crippen molar-refractivity contribution < 1.29 is 33.6 Å². The van der Waals surface area contributed by atoms with Crippen LogP contribution in [0.2, 0.25) is 0 Å². The van der Waals surface area contributed by atoms with Crippen molar-refractivity contribution in [2.75, 3.05) is 27.1 Å². The molecular weight excluding hydrogens is 548 g/mol. The molecular formula is C34H46N2O7. The van der Waals surface area contributed by atoms with Gasteiger partial charge in [-0.25, -0.2) is 0 Å². The molecule has 1 unspecified atom stereocenters. The van der Waals surface area contributed by atoms with Gasteiger partial charge in [-0.15, -0.1) is 0 Å². The number of carbonyl (C=O) groups is 2. The van der Waals surface area contributed by atoms with E-state index >= 15 is 0 Å². The molecule has 2 aromatic rings. The number of fused-ring (bicyclic) bond motifs is 3. The molecule has 1 fully saturated rings. The molecule has 234 valence electrons. The number of esters is 1. The topological polar surface area (TPSA) is 129 Å². The van der Waals surface area contributed by atoms with Crippen molar-refractivity contribution in [3.05, 3.63) is 46.5 Å². The Hall–Kier alpha value is -3.46. The van der Waals surface area contributed by atoms with Gasteiger partial charge in [-0.2, -0.15) is 0 Å². The van der Waals surface area contributed by atoms with E-state index in [-0.39, 0.29) is 42.9 Å². The molecule has 5 rings (SSSR count). The van der Waals surface area contributed by atoms with Gasteiger partial charge in [0.2, 0.25) is 12.7 Å². The number of carbonyl (C=O) groups excluding carboxylic acids is 2. The van der Waals surface area contributed by atoms with Gasteiger partial charge < -0.3 is 35.1 Å². The normalized spacial score (nSPS) is 21.7. The summed E-state index contributed by atoms with van der Waals surface area (Å²) in [5, 5.41) is 13.8. The first-order valence-electron chi connectivity index (χ1n) is 15.9. The smallest absolute Gasteiger partial charge is 0.310 e. The Morgan fingerprint density at radius 2 is 1.56 bits per heavy atom. The number of phenolic OH excluding ortho intramolecular Hbond substituents is 1. The number of aryl methyl sites for hydroxylation is 1. The van der Waals surface area contributed by atoms with Gasteiger partial charge in [-0.1, -0.05) is 57.4 Å². The number of unbranched alkanes of at least 4 members (excludes halogenated alkanes) is 9. The molecule has 0 radical (unpaired) electrons. The number of hydrogen-bond donors (Lipinski definition) is 3. The van der Waals surface area contributed by atoms with Crippen molar-refractivity contribution in [2.45, 2.75) is 89.5 Å². The Bertz CT molecular complexity index is 1300. The van der Waals surface area contributed by atoms with E-state index in [2.05, 4.69) is 5.32 Å². The molecule has 2 aliphatic heterocycles. The lowest BCUT2D eigenvalue weighted by Gasteiger charge is -2.39. The summed E-state index contributed by atoms with van der Waals surface area (Å²) < 4.78 is 22.5. The van der Waals surface area contributed by atoms with Crippen molar-refractivity contribution in [3.8, 4) is 23.0 Å². The van der Waals surface area contributed by atoms with Gasteiger partial charge in [-0.3, -0.25) is 9.59 Å². The highest BCUT2D eigenvalue weighted by Gasteiger charge is 2.53. The van der Waals surface area contributed by atoms with Gasteiger partial charge >= 0.3 is 5.97 Å². The highest BCUT2D eigenvalue weighted by atomic mass is 16.7. The summed E-state index contributed by atoms with van der Waals surface area (Å²) in [4.78, 5) is 26.5. The lowest BCUT2D eigenvalue weighted by atomic mass is 9.65. The lowest BCUT2D eigenvalue weighted by molar-refractivity contribution is -0.141. The van der Waals surface area contributed by atoms with Crippen molar-refractivity contribution >= 4 is 11.9 Å². The van der Waals surface area contributed by atoms with Crippen LogP contribution in [0.25, 0.3) is 0 Å². The summed E-state index contributed by atoms with van der Waals surface area (Å²) >= 11 is 0. The fourth-order valence-electron chi connectivity index (χ4n) is 6.95. The van der Waals surface area contributed by atoms with E-state index in [1.165, 1.54) is 45.6 Å². The van der Waals surface area contributed by atoms with Crippen LogP contribution in [0.5, 0.6) is 23.0 Å². The largest absolute Gasteiger partial charge is 0.504 e. The number of hydrogen-bond acceptors (Lipinski definition) is 8. The molecule has 9 nitrogen and oxygen atoms in total. The third kappa shape index (κ3) is 6.87. The van der Waals surface area contributed by atoms with Crippen molar-refractivity contribution in [2.24, 2.45) is 17.6 Å². The number of benzene rings is 2. The molecule has 0 spiro atoms. The number of methoxy groups -OCH3 is 1. The van der Waals surface area contributed by atoms with Gasteiger partial charge in [-0.05, 0) is 66.8 Å². The molecule has 0 saturated carbocycles. The van der Waals surface area contributed by atoms with Crippen LogP contribution in [0.1, 0.15) is 105 Å². The third-order valence-corrected chi connectivity index (χ3v) is 9.23. The second kappa shape index (κ2) is 14.3. The molecule has 1 saturated heterocycles. The fraction of sp³-hybridized carbons (Fsp3) is 0.588. The van der Waals surface area contributed by atoms with E-state index in [9.17, 15) is 14.7 Å². The van der Waals surface area contributed by atoms with Crippen LogP contribution >= 0.6 is 0 Å². The van der Waals surface area contributed by atoms with Crippen LogP contribution in [-0.2, 0) is 14.3 Å². The Morgan fingerprint density at radius 3 is 2.21 bits per heavy atom. The minimum absolute atomic E-state index is 0.0211. The number of nitrogens with one attached hydrogen (secondary N) is 1. The average molecular weight is 595 g/mol. The maximum absolute atomic E-state index is 13.3. The first-order chi connectivity index (χ1) is 20.9. The fourth-order valence-corrected chi connectivity index (χ4v) is 6.95. The molecule has 0 bridgehead atoms. The summed E-state index contributed by atoms with van der Waals surface area (Å²) in [7, 11) is 1.51. The molecule has 1 amide bonds. The number of cyclic esters (lactones) is 1. The van der Waals surface area contributed by atoms with Crippen LogP contribution < -0.4 is 25.3 Å². The van der Waals surface area contributed by atoms with Gasteiger partial charge in [0, 0.05) is 18.3 Å². The Balaban J connectivity index is 1.29. The second-order valence-electron chi connectivity index (χ2n) is 12.1. The van der Waals surface area contributed by atoms with E-state index in [0.29, 0.717) is 29.2 Å². The molecule has 2 aromatic carbocycles. The van der Waals surface area contributed by atoms with Crippen LogP contribution in [0, 0.1) is 18.8 Å². The van der Waals surface area contributed by atoms with E-state index < -0.39 is 12.0 Å². The molecule has 9 heteroatoms. The summed E-state index contributed by atoms with van der Waals surface area (Å²) in [5.41, 5.74) is 8.82. The monoisotopic (exact) mass is 594 g/mol. The van der Waals surface area contributed by atoms with Crippen LogP contribution in [-0.4, -0.2) is 44.0 Å². The highest BCUT2D eigenvalue weighted by Crippen LogP contribution is 2.55. The molecule has 1 aliphatic carbocycles. The summed E-state index contributed by atoms with van der Waals surface area (Å²) in [6.07, 6.45) is 12.1. The first-order valence-corrected chi connectivity index (χ1v) is 15.9. The Morgan fingerprint density at radius 1 is 0.930 bits per heavy atom. The number of aromatic hydroxyl groups is 1. The minimum Gasteiger partial charge on any atom is -0.504 e. The summed E-state index contributed by atoms with van der Waals surface area (Å²) in [6.45, 7) is 2.94. The Labute approximate surface area is 254 Å². The maximum atomic E-state index is 13.3. The van der Waals surface area contributed by atoms with Crippen LogP contribution in [0.3, 0.4) is 0 Å². The van der Waals surface area contributed by atoms with Crippen LogP contribution in [0.4, 0.5) is 0 Å². The molecule has 43 heavy (non-hydrogen) atoms.